The number of halogens is 1. The Morgan fingerprint density at radius 3 is 2.86 bits per heavy atom. The van der Waals surface area contributed by atoms with E-state index >= 15 is 0 Å². The highest BCUT2D eigenvalue weighted by Crippen LogP contribution is 2.31. The van der Waals surface area contributed by atoms with E-state index in [-0.39, 0.29) is 41.9 Å². The van der Waals surface area contributed by atoms with Crippen LogP contribution in [-0.2, 0) is 4.79 Å². The smallest absolute Gasteiger partial charge is 0.269 e. The van der Waals surface area contributed by atoms with E-state index < -0.39 is 4.92 Å². The molecule has 22 heavy (non-hydrogen) atoms. The molecule has 0 radical (unpaired) electrons. The number of nitrogens with zero attached hydrogens (tertiary/aromatic N) is 1. The van der Waals surface area contributed by atoms with Crippen LogP contribution in [0, 0.1) is 22.0 Å². The molecule has 122 valence electrons. The Bertz CT molecular complexity index is 539. The van der Waals surface area contributed by atoms with Gasteiger partial charge in [-0.1, -0.05) is 18.6 Å². The molecule has 1 aliphatic rings. The quantitative estimate of drug-likeness (QED) is 0.641. The fraction of sp³-hybridized carbons (Fsp3) is 0.533. The number of benzene rings is 1. The third-order valence-corrected chi connectivity index (χ3v) is 4.24. The second-order valence-corrected chi connectivity index (χ2v) is 5.62. The maximum atomic E-state index is 12.3. The van der Waals surface area contributed by atoms with Gasteiger partial charge in [-0.15, -0.1) is 12.4 Å². The van der Waals surface area contributed by atoms with Crippen LogP contribution in [0.5, 0.6) is 0 Å². The molecule has 1 aliphatic carbocycles. The van der Waals surface area contributed by atoms with E-state index in [1.54, 1.807) is 12.1 Å². The lowest BCUT2D eigenvalue weighted by Crippen LogP contribution is -2.36. The van der Waals surface area contributed by atoms with E-state index in [9.17, 15) is 14.9 Å². The van der Waals surface area contributed by atoms with Gasteiger partial charge in [0.2, 0.25) is 5.91 Å². The molecular formula is C15H22ClN3O3. The Balaban J connectivity index is 0.00000242. The number of amides is 1. The highest BCUT2D eigenvalue weighted by molar-refractivity contribution is 5.85. The minimum atomic E-state index is -0.431. The van der Waals surface area contributed by atoms with Crippen molar-refractivity contribution in [3.8, 4) is 0 Å². The molecule has 3 N–H and O–H groups in total. The van der Waals surface area contributed by atoms with Crippen molar-refractivity contribution in [1.29, 1.82) is 0 Å². The lowest BCUT2D eigenvalue weighted by atomic mass is 9.94. The van der Waals surface area contributed by atoms with Crippen molar-refractivity contribution in [2.75, 3.05) is 6.54 Å². The number of rotatable bonds is 5. The Hall–Kier alpha value is -1.66. The third kappa shape index (κ3) is 4.18. The van der Waals surface area contributed by atoms with Crippen LogP contribution >= 0.6 is 12.4 Å². The van der Waals surface area contributed by atoms with Crippen molar-refractivity contribution >= 4 is 24.0 Å². The third-order valence-electron chi connectivity index (χ3n) is 4.24. The molecule has 0 aromatic heterocycles. The lowest BCUT2D eigenvalue weighted by Gasteiger charge is -2.21. The summed E-state index contributed by atoms with van der Waals surface area (Å²) < 4.78 is 0. The van der Waals surface area contributed by atoms with Gasteiger partial charge < -0.3 is 11.1 Å². The molecular weight excluding hydrogens is 306 g/mol. The topological polar surface area (TPSA) is 98.3 Å². The van der Waals surface area contributed by atoms with Crippen LogP contribution < -0.4 is 11.1 Å². The second-order valence-electron chi connectivity index (χ2n) is 5.62. The van der Waals surface area contributed by atoms with Gasteiger partial charge in [-0.25, -0.2) is 0 Å². The fourth-order valence-corrected chi connectivity index (χ4v) is 2.98. The molecule has 0 spiro atoms. The van der Waals surface area contributed by atoms with E-state index in [0.29, 0.717) is 6.54 Å². The van der Waals surface area contributed by atoms with Crippen molar-refractivity contribution in [2.24, 2.45) is 17.6 Å². The molecule has 0 saturated heterocycles. The molecule has 0 heterocycles. The SMILES string of the molecule is CC(NC(=O)[C@@H]1CCC[C@@H]1CN)c1cccc([N+](=O)[O-])c1.Cl. The number of carbonyl (C=O) groups excluding carboxylic acids is 1. The summed E-state index contributed by atoms with van der Waals surface area (Å²) in [6.07, 6.45) is 2.90. The van der Waals surface area contributed by atoms with Crippen LogP contribution in [0.1, 0.15) is 37.8 Å². The molecule has 2 rings (SSSR count). The number of nitro benzene ring substituents is 1. The molecule has 1 unspecified atom stereocenters. The number of nitro groups is 1. The molecule has 6 nitrogen and oxygen atoms in total. The molecule has 1 aromatic rings. The molecule has 3 atom stereocenters. The van der Waals surface area contributed by atoms with Crippen molar-refractivity contribution in [2.45, 2.75) is 32.2 Å². The molecule has 0 aliphatic heterocycles. The zero-order chi connectivity index (χ0) is 15.4. The number of hydrogen-bond donors (Lipinski definition) is 2. The van der Waals surface area contributed by atoms with Crippen LogP contribution in [0.3, 0.4) is 0 Å². The number of nitrogens with two attached hydrogens (primary N) is 1. The first kappa shape index (κ1) is 18.4. The summed E-state index contributed by atoms with van der Waals surface area (Å²) in [5.41, 5.74) is 6.47. The first-order chi connectivity index (χ1) is 10.0. The molecule has 0 bridgehead atoms. The molecule has 1 amide bonds. The van der Waals surface area contributed by atoms with Gasteiger partial charge in [0.15, 0.2) is 0 Å². The second kappa shape index (κ2) is 8.10. The van der Waals surface area contributed by atoms with Gasteiger partial charge in [0, 0.05) is 18.1 Å². The van der Waals surface area contributed by atoms with E-state index in [4.69, 9.17) is 5.73 Å². The summed E-state index contributed by atoms with van der Waals surface area (Å²) in [6, 6.07) is 6.11. The predicted octanol–water partition coefficient (Wildman–Crippen LogP) is 2.57. The summed E-state index contributed by atoms with van der Waals surface area (Å²) in [4.78, 5) is 22.7. The first-order valence-corrected chi connectivity index (χ1v) is 7.27. The zero-order valence-corrected chi connectivity index (χ0v) is 13.3. The molecule has 1 saturated carbocycles. The molecule has 1 fully saturated rings. The van der Waals surface area contributed by atoms with Gasteiger partial charge in [0.05, 0.1) is 11.0 Å². The minimum absolute atomic E-state index is 0. The van der Waals surface area contributed by atoms with Gasteiger partial charge in [0.1, 0.15) is 0 Å². The van der Waals surface area contributed by atoms with E-state index in [1.165, 1.54) is 12.1 Å². The monoisotopic (exact) mass is 327 g/mol. The number of non-ortho nitro benzene ring substituents is 1. The van der Waals surface area contributed by atoms with Crippen molar-refractivity contribution in [3.63, 3.8) is 0 Å². The Labute approximate surface area is 136 Å². The lowest BCUT2D eigenvalue weighted by molar-refractivity contribution is -0.384. The Morgan fingerprint density at radius 1 is 1.50 bits per heavy atom. The van der Waals surface area contributed by atoms with Crippen LogP contribution in [-0.4, -0.2) is 17.4 Å². The number of nitrogens with one attached hydrogen (secondary N) is 1. The van der Waals surface area contributed by atoms with Crippen molar-refractivity contribution in [1.82, 2.24) is 5.32 Å². The summed E-state index contributed by atoms with van der Waals surface area (Å²) in [5, 5.41) is 13.7. The van der Waals surface area contributed by atoms with Gasteiger partial charge in [-0.05, 0) is 37.8 Å². The number of carbonyl (C=O) groups is 1. The largest absolute Gasteiger partial charge is 0.349 e. The van der Waals surface area contributed by atoms with Crippen LogP contribution in [0.25, 0.3) is 0 Å². The van der Waals surface area contributed by atoms with E-state index in [2.05, 4.69) is 5.32 Å². The van der Waals surface area contributed by atoms with Gasteiger partial charge in [-0.3, -0.25) is 14.9 Å². The summed E-state index contributed by atoms with van der Waals surface area (Å²) >= 11 is 0. The normalized spacial score (nSPS) is 21.7. The molecule has 7 heteroatoms. The highest BCUT2D eigenvalue weighted by Gasteiger charge is 2.32. The highest BCUT2D eigenvalue weighted by atomic mass is 35.5. The van der Waals surface area contributed by atoms with Crippen LogP contribution in [0.4, 0.5) is 5.69 Å². The minimum Gasteiger partial charge on any atom is -0.349 e. The molecule has 1 aromatic carbocycles. The van der Waals surface area contributed by atoms with Crippen molar-refractivity contribution < 1.29 is 9.72 Å². The van der Waals surface area contributed by atoms with Crippen LogP contribution in [0.2, 0.25) is 0 Å². The fourth-order valence-electron chi connectivity index (χ4n) is 2.98. The van der Waals surface area contributed by atoms with E-state index in [0.717, 1.165) is 24.8 Å². The summed E-state index contributed by atoms with van der Waals surface area (Å²) in [5.74, 6) is 0.223. The average molecular weight is 328 g/mol. The Kier molecular flexibility index (Phi) is 6.77. The standard InChI is InChI=1S/C15H21N3O3.ClH/c1-10(11-4-2-6-13(8-11)18(20)21)17-15(19)14-7-3-5-12(14)9-16;/h2,4,6,8,10,12,14H,3,5,7,9,16H2,1H3,(H,17,19);1H/t10?,12-,14-;/m1./s1. The van der Waals surface area contributed by atoms with Crippen LogP contribution in [0.15, 0.2) is 24.3 Å². The first-order valence-electron chi connectivity index (χ1n) is 7.27. The van der Waals surface area contributed by atoms with E-state index in [1.807, 2.05) is 6.92 Å². The maximum absolute atomic E-state index is 12.3. The Morgan fingerprint density at radius 2 is 2.23 bits per heavy atom. The van der Waals surface area contributed by atoms with Gasteiger partial charge >= 0.3 is 0 Å². The predicted molar refractivity (Wildman–Crippen MR) is 86.8 cm³/mol. The van der Waals surface area contributed by atoms with Gasteiger partial charge in [-0.2, -0.15) is 0 Å². The van der Waals surface area contributed by atoms with Gasteiger partial charge in [0.25, 0.3) is 5.69 Å². The maximum Gasteiger partial charge on any atom is 0.269 e. The summed E-state index contributed by atoms with van der Waals surface area (Å²) in [7, 11) is 0. The average Bonchev–Trinajstić information content (AvgIpc) is 2.95. The summed E-state index contributed by atoms with van der Waals surface area (Å²) in [6.45, 7) is 2.37. The number of hydrogen-bond acceptors (Lipinski definition) is 4. The van der Waals surface area contributed by atoms with Crippen molar-refractivity contribution in [3.05, 3.63) is 39.9 Å². The zero-order valence-electron chi connectivity index (χ0n) is 12.5.